The van der Waals surface area contributed by atoms with Crippen molar-refractivity contribution in [3.05, 3.63) is 164 Å². The van der Waals surface area contributed by atoms with Crippen molar-refractivity contribution in [2.24, 2.45) is 0 Å². The summed E-state index contributed by atoms with van der Waals surface area (Å²) in [7, 11) is 0. The van der Waals surface area contributed by atoms with E-state index in [9.17, 15) is 0 Å². The first-order valence-corrected chi connectivity index (χ1v) is 18.4. The SMILES string of the molecule is CC(C)(C)c1ccnc(-n2c3[c-]c(-n4c5[c-]c(-c6cnc7cc8ccccc8cc7n6)ccc5c5cc6ccccc6cc54)ccc3c3ccccc32)c1.[Pt+2]. The molecule has 0 fully saturated rings. The fraction of sp³-hybridized carbons (Fsp3) is 0.0816. The van der Waals surface area contributed by atoms with E-state index in [-0.39, 0.29) is 26.5 Å². The Balaban J connectivity index is 0.00000372. The van der Waals surface area contributed by atoms with E-state index >= 15 is 0 Å². The molecule has 0 aliphatic carbocycles. The summed E-state index contributed by atoms with van der Waals surface area (Å²) in [5, 5.41) is 9.26. The molecule has 11 rings (SSSR count). The van der Waals surface area contributed by atoms with Gasteiger partial charge in [-0.3, -0.25) is 9.97 Å². The van der Waals surface area contributed by atoms with Gasteiger partial charge in [-0.25, -0.2) is 4.98 Å². The molecule has 7 aromatic carbocycles. The van der Waals surface area contributed by atoms with E-state index in [1.807, 2.05) is 12.4 Å². The largest absolute Gasteiger partial charge is 2.00 e. The molecule has 0 bridgehead atoms. The predicted molar refractivity (Wildman–Crippen MR) is 223 cm³/mol. The minimum Gasteiger partial charge on any atom is -0.352 e. The molecule has 4 aromatic heterocycles. The minimum absolute atomic E-state index is 0. The molecule has 0 aliphatic rings. The van der Waals surface area contributed by atoms with Gasteiger partial charge in [-0.2, -0.15) is 6.07 Å². The van der Waals surface area contributed by atoms with Crippen LogP contribution >= 0.6 is 0 Å². The van der Waals surface area contributed by atoms with Gasteiger partial charge in [0.1, 0.15) is 5.82 Å². The first-order chi connectivity index (χ1) is 26.4. The Hall–Kier alpha value is -6.16. The number of para-hydroxylation sites is 1. The zero-order valence-electron chi connectivity index (χ0n) is 30.4. The number of pyridine rings is 1. The second-order valence-corrected chi connectivity index (χ2v) is 15.2. The maximum absolute atomic E-state index is 5.12. The molecule has 0 atom stereocenters. The Morgan fingerprint density at radius 3 is 1.96 bits per heavy atom. The van der Waals surface area contributed by atoms with Gasteiger partial charge in [-0.05, 0) is 85.2 Å². The number of benzene rings is 7. The molecule has 0 aliphatic heterocycles. The molecule has 0 saturated heterocycles. The summed E-state index contributed by atoms with van der Waals surface area (Å²) in [4.78, 5) is 14.9. The van der Waals surface area contributed by atoms with Crippen LogP contribution in [0.25, 0.3) is 99.0 Å². The molecule has 0 N–H and O–H groups in total. The van der Waals surface area contributed by atoms with Gasteiger partial charge < -0.3 is 9.13 Å². The zero-order chi connectivity index (χ0) is 36.1. The number of rotatable bonds is 3. The third-order valence-corrected chi connectivity index (χ3v) is 10.9. The van der Waals surface area contributed by atoms with Gasteiger partial charge in [0, 0.05) is 29.1 Å². The van der Waals surface area contributed by atoms with Crippen molar-refractivity contribution >= 4 is 76.2 Å². The Morgan fingerprint density at radius 1 is 0.527 bits per heavy atom. The number of hydrogen-bond acceptors (Lipinski definition) is 3. The summed E-state index contributed by atoms with van der Waals surface area (Å²) < 4.78 is 4.57. The Kier molecular flexibility index (Phi) is 7.56. The third kappa shape index (κ3) is 5.29. The standard InChI is InChI=1S/C49H33N5.Pt/c1-49(2,3)35-20-21-50-48(27-35)54-44-15-9-8-14-37(44)38-19-17-36(28-47(38)54)53-45-26-34(16-18-39(45)40-22-30-10-4-7-13-33(30)25-46(40)53)43-29-51-41-23-31-11-5-6-12-32(31)24-42(41)52-43;/h4-25,27,29H,1-3H3;/q-2;+2. The van der Waals surface area contributed by atoms with E-state index in [0.717, 1.165) is 82.8 Å². The molecule has 5 nitrogen and oxygen atoms in total. The Bertz CT molecular complexity index is 3330. The summed E-state index contributed by atoms with van der Waals surface area (Å²) in [5.41, 5.74) is 9.69. The molecule has 264 valence electrons. The number of nitrogens with zero attached hydrogens (tertiary/aromatic N) is 5. The Morgan fingerprint density at radius 2 is 1.18 bits per heavy atom. The smallest absolute Gasteiger partial charge is 0.352 e. The maximum Gasteiger partial charge on any atom is 2.00 e. The van der Waals surface area contributed by atoms with Gasteiger partial charge >= 0.3 is 21.1 Å². The normalized spacial score (nSPS) is 12.1. The maximum atomic E-state index is 5.12. The van der Waals surface area contributed by atoms with Crippen LogP contribution in [0.15, 0.2) is 146 Å². The van der Waals surface area contributed by atoms with Gasteiger partial charge in [-0.1, -0.05) is 110 Å². The van der Waals surface area contributed by atoms with Crippen LogP contribution in [0.2, 0.25) is 0 Å². The molecular formula is C49H33N5Pt. The summed E-state index contributed by atoms with van der Waals surface area (Å²) in [6, 6.07) is 55.1. The molecule has 0 amide bonds. The summed E-state index contributed by atoms with van der Waals surface area (Å²) in [5.74, 6) is 0.881. The second-order valence-electron chi connectivity index (χ2n) is 15.2. The van der Waals surface area contributed by atoms with Gasteiger partial charge in [0.05, 0.1) is 11.0 Å². The van der Waals surface area contributed by atoms with Crippen LogP contribution < -0.4 is 0 Å². The van der Waals surface area contributed by atoms with Crippen LogP contribution in [0.1, 0.15) is 26.3 Å². The first-order valence-electron chi connectivity index (χ1n) is 18.4. The summed E-state index contributed by atoms with van der Waals surface area (Å²) in [6.07, 6.45) is 3.79. The second kappa shape index (κ2) is 12.4. The van der Waals surface area contributed by atoms with Crippen LogP contribution in [0.3, 0.4) is 0 Å². The van der Waals surface area contributed by atoms with Gasteiger partial charge in [0.25, 0.3) is 0 Å². The van der Waals surface area contributed by atoms with Crippen LogP contribution in [0, 0.1) is 12.1 Å². The quantitative estimate of drug-likeness (QED) is 0.131. The number of aromatic nitrogens is 5. The zero-order valence-corrected chi connectivity index (χ0v) is 32.7. The average Bonchev–Trinajstić information content (AvgIpc) is 3.70. The summed E-state index contributed by atoms with van der Waals surface area (Å²) >= 11 is 0. The number of fused-ring (bicyclic) bond motifs is 9. The molecule has 55 heavy (non-hydrogen) atoms. The molecular weight excluding hydrogens is 854 g/mol. The fourth-order valence-corrected chi connectivity index (χ4v) is 8.11. The Labute approximate surface area is 332 Å². The van der Waals surface area contributed by atoms with Gasteiger partial charge in [0.2, 0.25) is 0 Å². The molecule has 0 unspecified atom stereocenters. The van der Waals surface area contributed by atoms with Gasteiger partial charge in [-0.15, -0.1) is 41.3 Å². The molecule has 0 saturated carbocycles. The first kappa shape index (κ1) is 33.4. The van der Waals surface area contributed by atoms with Crippen molar-refractivity contribution in [1.82, 2.24) is 24.1 Å². The van der Waals surface area contributed by atoms with E-state index in [1.54, 1.807) is 0 Å². The van der Waals surface area contributed by atoms with Crippen molar-refractivity contribution in [2.45, 2.75) is 26.2 Å². The van der Waals surface area contributed by atoms with Crippen molar-refractivity contribution in [3.8, 4) is 22.8 Å². The molecule has 11 aromatic rings. The van der Waals surface area contributed by atoms with Crippen molar-refractivity contribution in [3.63, 3.8) is 0 Å². The molecule has 6 heteroatoms. The van der Waals surface area contributed by atoms with Gasteiger partial charge in [0.15, 0.2) is 0 Å². The van der Waals surface area contributed by atoms with Crippen LogP contribution in [0.4, 0.5) is 0 Å². The molecule has 4 heterocycles. The fourth-order valence-electron chi connectivity index (χ4n) is 8.11. The van der Waals surface area contributed by atoms with E-state index < -0.39 is 0 Å². The van der Waals surface area contributed by atoms with E-state index in [0.29, 0.717) is 0 Å². The number of hydrogen-bond donors (Lipinski definition) is 0. The predicted octanol–water partition coefficient (Wildman–Crippen LogP) is 12.1. The van der Waals surface area contributed by atoms with E-state index in [1.165, 1.54) is 21.7 Å². The molecule has 0 spiro atoms. The minimum atomic E-state index is -0.0200. The third-order valence-electron chi connectivity index (χ3n) is 10.9. The van der Waals surface area contributed by atoms with E-state index in [2.05, 4.69) is 175 Å². The molecule has 0 radical (unpaired) electrons. The van der Waals surface area contributed by atoms with Crippen molar-refractivity contribution in [2.75, 3.05) is 0 Å². The average molecular weight is 887 g/mol. The monoisotopic (exact) mass is 886 g/mol. The van der Waals surface area contributed by atoms with Crippen LogP contribution in [-0.2, 0) is 26.5 Å². The topological polar surface area (TPSA) is 48.5 Å². The van der Waals surface area contributed by atoms with Crippen molar-refractivity contribution < 1.29 is 21.1 Å². The van der Waals surface area contributed by atoms with E-state index in [4.69, 9.17) is 15.0 Å². The van der Waals surface area contributed by atoms with Crippen LogP contribution in [-0.4, -0.2) is 24.1 Å². The van der Waals surface area contributed by atoms with Crippen molar-refractivity contribution in [1.29, 1.82) is 0 Å². The summed E-state index contributed by atoms with van der Waals surface area (Å²) in [6.45, 7) is 6.72. The van der Waals surface area contributed by atoms with Crippen LogP contribution in [0.5, 0.6) is 0 Å².